The van der Waals surface area contributed by atoms with Crippen LogP contribution in [0.1, 0.15) is 33.4 Å². The van der Waals surface area contributed by atoms with Crippen LogP contribution in [0.15, 0.2) is 109 Å². The topological polar surface area (TPSA) is 0 Å². The summed E-state index contributed by atoms with van der Waals surface area (Å²) in [6.45, 7) is 0. The summed E-state index contributed by atoms with van der Waals surface area (Å²) in [4.78, 5) is 0. The van der Waals surface area contributed by atoms with Gasteiger partial charge in [-0.1, -0.05) is 10.8 Å². The zero-order valence-electron chi connectivity index (χ0n) is 22.1. The summed E-state index contributed by atoms with van der Waals surface area (Å²) in [6.07, 6.45) is 0. The number of hydrogen-bond acceptors (Lipinski definition) is 0. The fourth-order valence-corrected chi connectivity index (χ4v) is 7.82. The molecule has 3 aliphatic rings. The van der Waals surface area contributed by atoms with Gasteiger partial charge >= 0.3 is 0 Å². The molecule has 0 fully saturated rings. The predicted octanol–water partition coefficient (Wildman–Crippen LogP) is 7.79. The van der Waals surface area contributed by atoms with Crippen LogP contribution < -0.4 is 0 Å². The maximum Gasteiger partial charge on any atom is 0 e. The summed E-state index contributed by atoms with van der Waals surface area (Å²) in [5, 5.41) is 0. The van der Waals surface area contributed by atoms with E-state index in [1.54, 1.807) is 0 Å². The standard InChI is InChI=1S/C38H18.3Y/c1-7-19-31-25(13-1)26-14-2-8-20-32(26)38-35-23-11-5-17-29(35)27-15-3-9-21-33(27)37(31,38)34-22-10-4-16-28(34)30-18-6-12-24-36(30)38;;;/h1-12,19-24H;;;/q-6;;;. The number of fused-ring (bicyclic) bond motifs is 9. The molecule has 0 aromatic heterocycles. The maximum absolute atomic E-state index is 3.64. The average molecular weight is 741 g/mol. The van der Waals surface area contributed by atoms with Crippen LogP contribution >= 0.6 is 0 Å². The Balaban J connectivity index is 0.00000101. The molecule has 6 aromatic carbocycles. The van der Waals surface area contributed by atoms with Crippen molar-refractivity contribution in [3.63, 3.8) is 0 Å². The molecule has 0 bridgehead atoms. The van der Waals surface area contributed by atoms with Crippen molar-refractivity contribution in [2.45, 2.75) is 10.8 Å². The molecule has 0 spiro atoms. The van der Waals surface area contributed by atoms with E-state index >= 15 is 0 Å². The van der Waals surface area contributed by atoms with E-state index in [1.165, 1.54) is 33.4 Å². The number of benzene rings is 6. The Hall–Kier alpha value is -1.37. The molecule has 0 atom stereocenters. The zero-order chi connectivity index (χ0) is 24.9. The number of rotatable bonds is 0. The van der Waals surface area contributed by atoms with Crippen LogP contribution in [-0.4, -0.2) is 0 Å². The molecule has 3 radical (unpaired) electrons. The van der Waals surface area contributed by atoms with Gasteiger partial charge in [0.2, 0.25) is 0 Å². The Labute approximate surface area is 317 Å². The van der Waals surface area contributed by atoms with Gasteiger partial charge < -0.3 is 0 Å². The second-order valence-electron chi connectivity index (χ2n) is 10.3. The third kappa shape index (κ3) is 3.50. The molecule has 0 nitrogen and oxygen atoms in total. The Morgan fingerprint density at radius 1 is 0.293 bits per heavy atom. The normalized spacial score (nSPS) is 19.3. The van der Waals surface area contributed by atoms with Gasteiger partial charge in [0.25, 0.3) is 0 Å². The molecule has 0 saturated carbocycles. The first-order valence-corrected chi connectivity index (χ1v) is 13.0. The minimum Gasteiger partial charge on any atom is -0.223 e. The Morgan fingerprint density at radius 2 is 0.463 bits per heavy atom. The van der Waals surface area contributed by atoms with Crippen LogP contribution in [0.4, 0.5) is 0 Å². The minimum absolute atomic E-state index is 0. The van der Waals surface area contributed by atoms with E-state index in [0.29, 0.717) is 0 Å². The molecule has 41 heavy (non-hydrogen) atoms. The smallest absolute Gasteiger partial charge is 0 e. The second-order valence-corrected chi connectivity index (χ2v) is 10.3. The Morgan fingerprint density at radius 3 is 0.634 bits per heavy atom. The summed E-state index contributed by atoms with van der Waals surface area (Å²) >= 11 is 0. The summed E-state index contributed by atoms with van der Waals surface area (Å²) in [6, 6.07) is 60.6. The molecule has 3 aliphatic carbocycles. The quantitative estimate of drug-likeness (QED) is 0.140. The van der Waals surface area contributed by atoms with E-state index in [4.69, 9.17) is 0 Å². The number of hydrogen-bond donors (Lipinski definition) is 0. The SMILES string of the molecule is [Y].[Y].[Y].[c-]1cccc2c1-c1[c-]cccc1C13c4ccc[c-]c4-c4[c-]cccc4C21c1ccc[c-]c1-c1[c-]cccc13. The van der Waals surface area contributed by atoms with Crippen molar-refractivity contribution in [3.8, 4) is 33.4 Å². The van der Waals surface area contributed by atoms with Gasteiger partial charge in [-0.15, -0.1) is 36.4 Å². The van der Waals surface area contributed by atoms with Gasteiger partial charge in [0.05, 0.1) is 0 Å². The Kier molecular flexibility index (Phi) is 7.94. The van der Waals surface area contributed by atoms with E-state index in [-0.39, 0.29) is 98.1 Å². The zero-order valence-corrected chi connectivity index (χ0v) is 30.6. The summed E-state index contributed by atoms with van der Waals surface area (Å²) in [7, 11) is 0. The summed E-state index contributed by atoms with van der Waals surface area (Å²) < 4.78 is 0. The van der Waals surface area contributed by atoms with E-state index in [0.717, 1.165) is 33.4 Å². The first-order valence-electron chi connectivity index (χ1n) is 13.0. The van der Waals surface area contributed by atoms with E-state index in [2.05, 4.69) is 109 Å². The van der Waals surface area contributed by atoms with Crippen LogP contribution in [0, 0.1) is 36.4 Å². The Bertz CT molecular complexity index is 1590. The van der Waals surface area contributed by atoms with Gasteiger partial charge in [0.15, 0.2) is 0 Å². The molecular weight excluding hydrogens is 723 g/mol. The third-order valence-electron chi connectivity index (χ3n) is 8.87. The second kappa shape index (κ2) is 11.0. The van der Waals surface area contributed by atoms with Gasteiger partial charge in [0.1, 0.15) is 0 Å². The predicted molar refractivity (Wildman–Crippen MR) is 148 cm³/mol. The largest absolute Gasteiger partial charge is 0.223 e. The van der Waals surface area contributed by atoms with E-state index < -0.39 is 10.8 Å². The fraction of sp³-hybridized carbons (Fsp3) is 0.0526. The molecule has 9 rings (SSSR count). The molecule has 0 N–H and O–H groups in total. The third-order valence-corrected chi connectivity index (χ3v) is 8.87. The molecule has 0 unspecified atom stereocenters. The van der Waals surface area contributed by atoms with Crippen LogP contribution in [0.5, 0.6) is 0 Å². The van der Waals surface area contributed by atoms with Crippen molar-refractivity contribution >= 4 is 0 Å². The van der Waals surface area contributed by atoms with Crippen molar-refractivity contribution in [1.29, 1.82) is 0 Å². The summed E-state index contributed by atoms with van der Waals surface area (Å²) in [5.74, 6) is 0. The van der Waals surface area contributed by atoms with E-state index in [9.17, 15) is 0 Å². The van der Waals surface area contributed by atoms with Crippen molar-refractivity contribution in [2.75, 3.05) is 0 Å². The minimum atomic E-state index is -0.577. The molecular formula is C38H18Y3-6. The monoisotopic (exact) mass is 741 g/mol. The van der Waals surface area contributed by atoms with Crippen molar-refractivity contribution < 1.29 is 98.1 Å². The van der Waals surface area contributed by atoms with Crippen molar-refractivity contribution in [2.24, 2.45) is 0 Å². The first kappa shape index (κ1) is 29.7. The van der Waals surface area contributed by atoms with Gasteiger partial charge in [-0.25, -0.2) is 33.4 Å². The average Bonchev–Trinajstić information content (AvgIpc) is 3.01. The summed E-state index contributed by atoms with van der Waals surface area (Å²) in [5.41, 5.74) is 12.9. The molecule has 0 heterocycles. The molecule has 3 heteroatoms. The van der Waals surface area contributed by atoms with Crippen LogP contribution in [-0.2, 0) is 109 Å². The molecule has 0 aliphatic heterocycles. The van der Waals surface area contributed by atoms with Crippen LogP contribution in [0.2, 0.25) is 0 Å². The fourth-order valence-electron chi connectivity index (χ4n) is 7.82. The molecule has 0 saturated heterocycles. The first-order chi connectivity index (χ1) is 18.9. The van der Waals surface area contributed by atoms with E-state index in [1.807, 2.05) is 36.4 Å². The molecule has 0 amide bonds. The van der Waals surface area contributed by atoms with Crippen molar-refractivity contribution in [1.82, 2.24) is 0 Å². The molecule has 6 aromatic rings. The van der Waals surface area contributed by atoms with Crippen molar-refractivity contribution in [3.05, 3.63) is 179 Å². The van der Waals surface area contributed by atoms with Gasteiger partial charge in [0, 0.05) is 98.1 Å². The maximum atomic E-state index is 3.64. The van der Waals surface area contributed by atoms with Gasteiger partial charge in [-0.3, -0.25) is 0 Å². The molecule has 185 valence electrons. The van der Waals surface area contributed by atoms with Gasteiger partial charge in [-0.2, -0.15) is 143 Å². The van der Waals surface area contributed by atoms with Gasteiger partial charge in [-0.05, 0) is 0 Å². The van der Waals surface area contributed by atoms with Crippen LogP contribution in [0.3, 0.4) is 0 Å². The van der Waals surface area contributed by atoms with Crippen LogP contribution in [0.25, 0.3) is 33.4 Å².